The molecule has 1 saturated heterocycles. The first-order valence-corrected chi connectivity index (χ1v) is 7.49. The van der Waals surface area contributed by atoms with Gasteiger partial charge in [-0.3, -0.25) is 9.69 Å². The van der Waals surface area contributed by atoms with Crippen LogP contribution in [0.3, 0.4) is 0 Å². The van der Waals surface area contributed by atoms with Crippen molar-refractivity contribution in [3.63, 3.8) is 0 Å². The summed E-state index contributed by atoms with van der Waals surface area (Å²) in [4.78, 5) is 14.2. The third-order valence-corrected chi connectivity index (χ3v) is 3.59. The Morgan fingerprint density at radius 3 is 2.81 bits per heavy atom. The molecule has 1 aromatic rings. The van der Waals surface area contributed by atoms with Crippen LogP contribution in [0.1, 0.15) is 24.5 Å². The molecule has 21 heavy (non-hydrogen) atoms. The number of nitrogens with two attached hydrogens (primary N) is 1. The molecule has 1 aliphatic heterocycles. The quantitative estimate of drug-likeness (QED) is 0.863. The van der Waals surface area contributed by atoms with Gasteiger partial charge in [0.05, 0.1) is 13.2 Å². The largest absolute Gasteiger partial charge is 0.379 e. The molecule has 0 aromatic heterocycles. The molecule has 2 rings (SSSR count). The maximum absolute atomic E-state index is 11.9. The van der Waals surface area contributed by atoms with Crippen LogP contribution in [-0.2, 0) is 16.1 Å². The second-order valence-electron chi connectivity index (χ2n) is 5.77. The summed E-state index contributed by atoms with van der Waals surface area (Å²) in [7, 11) is 0. The molecule has 5 nitrogen and oxygen atoms in total. The number of hydrogen-bond donors (Lipinski definition) is 2. The molecule has 3 N–H and O–H groups in total. The van der Waals surface area contributed by atoms with E-state index in [0.717, 1.165) is 44.1 Å². The highest BCUT2D eigenvalue weighted by Gasteiger charge is 2.12. The summed E-state index contributed by atoms with van der Waals surface area (Å²) >= 11 is 0. The lowest BCUT2D eigenvalue weighted by Gasteiger charge is -2.26. The lowest BCUT2D eigenvalue weighted by molar-refractivity contribution is -0.116. The Morgan fingerprint density at radius 1 is 1.43 bits per heavy atom. The maximum Gasteiger partial charge on any atom is 0.225 e. The smallest absolute Gasteiger partial charge is 0.225 e. The number of anilines is 1. The van der Waals surface area contributed by atoms with E-state index in [0.29, 0.717) is 6.42 Å². The molecule has 0 saturated carbocycles. The number of amides is 1. The molecule has 1 unspecified atom stereocenters. The highest BCUT2D eigenvalue weighted by Crippen LogP contribution is 2.19. The third kappa shape index (κ3) is 5.12. The van der Waals surface area contributed by atoms with Crippen LogP contribution in [0.25, 0.3) is 0 Å². The van der Waals surface area contributed by atoms with Gasteiger partial charge in [-0.1, -0.05) is 12.1 Å². The SMILES string of the molecule is Cc1ccc(CN2CCOCC2)cc1NC(=O)CC(C)N. The summed E-state index contributed by atoms with van der Waals surface area (Å²) in [6, 6.07) is 6.11. The molecule has 1 aliphatic rings. The van der Waals surface area contributed by atoms with Crippen molar-refractivity contribution in [1.29, 1.82) is 0 Å². The number of carbonyl (C=O) groups is 1. The molecule has 0 radical (unpaired) electrons. The Morgan fingerprint density at radius 2 is 2.14 bits per heavy atom. The van der Waals surface area contributed by atoms with Crippen molar-refractivity contribution >= 4 is 11.6 Å². The Hall–Kier alpha value is -1.43. The Balaban J connectivity index is 2.00. The molecule has 0 bridgehead atoms. The van der Waals surface area contributed by atoms with Crippen LogP contribution in [0.5, 0.6) is 0 Å². The number of ether oxygens (including phenoxy) is 1. The second kappa shape index (κ2) is 7.54. The van der Waals surface area contributed by atoms with Crippen molar-refractivity contribution in [1.82, 2.24) is 4.90 Å². The molecule has 5 heteroatoms. The number of hydrogen-bond acceptors (Lipinski definition) is 4. The van der Waals surface area contributed by atoms with Gasteiger partial charge in [-0.15, -0.1) is 0 Å². The molecular formula is C16H25N3O2. The number of rotatable bonds is 5. The highest BCUT2D eigenvalue weighted by atomic mass is 16.5. The highest BCUT2D eigenvalue weighted by molar-refractivity contribution is 5.91. The van der Waals surface area contributed by atoms with Crippen LogP contribution in [0.4, 0.5) is 5.69 Å². The van der Waals surface area contributed by atoms with Crippen LogP contribution in [0.2, 0.25) is 0 Å². The summed E-state index contributed by atoms with van der Waals surface area (Å²) in [5.41, 5.74) is 8.82. The van der Waals surface area contributed by atoms with Crippen LogP contribution >= 0.6 is 0 Å². The van der Waals surface area contributed by atoms with Gasteiger partial charge in [-0.2, -0.15) is 0 Å². The minimum Gasteiger partial charge on any atom is -0.379 e. The van der Waals surface area contributed by atoms with Gasteiger partial charge in [-0.25, -0.2) is 0 Å². The first-order valence-electron chi connectivity index (χ1n) is 7.49. The molecule has 1 fully saturated rings. The van der Waals surface area contributed by atoms with Crippen molar-refractivity contribution in [2.24, 2.45) is 5.73 Å². The van der Waals surface area contributed by atoms with E-state index >= 15 is 0 Å². The van der Waals surface area contributed by atoms with E-state index in [1.54, 1.807) is 0 Å². The van der Waals surface area contributed by atoms with Crippen molar-refractivity contribution in [3.8, 4) is 0 Å². The first-order chi connectivity index (χ1) is 10.0. The summed E-state index contributed by atoms with van der Waals surface area (Å²) < 4.78 is 5.36. The predicted octanol–water partition coefficient (Wildman–Crippen LogP) is 1.50. The fourth-order valence-electron chi connectivity index (χ4n) is 2.41. The lowest BCUT2D eigenvalue weighted by atomic mass is 10.1. The normalized spacial score (nSPS) is 17.5. The number of nitrogens with zero attached hydrogens (tertiary/aromatic N) is 1. The number of nitrogens with one attached hydrogen (secondary N) is 1. The topological polar surface area (TPSA) is 67.6 Å². The number of aryl methyl sites for hydroxylation is 1. The van der Waals surface area contributed by atoms with Gasteiger partial charge in [0.15, 0.2) is 0 Å². The summed E-state index contributed by atoms with van der Waals surface area (Å²) in [5.74, 6) is -0.0309. The van der Waals surface area contributed by atoms with Crippen LogP contribution in [0.15, 0.2) is 18.2 Å². The van der Waals surface area contributed by atoms with Crippen molar-refractivity contribution in [3.05, 3.63) is 29.3 Å². The second-order valence-corrected chi connectivity index (χ2v) is 5.77. The molecule has 0 spiro atoms. The van der Waals surface area contributed by atoms with E-state index in [2.05, 4.69) is 28.4 Å². The Bertz CT molecular complexity index is 482. The molecule has 1 heterocycles. The van der Waals surface area contributed by atoms with Gasteiger partial charge >= 0.3 is 0 Å². The zero-order chi connectivity index (χ0) is 15.2. The average Bonchev–Trinajstić information content (AvgIpc) is 2.43. The lowest BCUT2D eigenvalue weighted by Crippen LogP contribution is -2.35. The van der Waals surface area contributed by atoms with Crippen LogP contribution in [0, 0.1) is 6.92 Å². The summed E-state index contributed by atoms with van der Waals surface area (Å²) in [5, 5.41) is 2.96. The average molecular weight is 291 g/mol. The molecule has 1 atom stereocenters. The maximum atomic E-state index is 11.9. The number of benzene rings is 1. The van der Waals surface area contributed by atoms with E-state index in [9.17, 15) is 4.79 Å². The van der Waals surface area contributed by atoms with Crippen molar-refractivity contribution < 1.29 is 9.53 Å². The molecule has 1 aromatic carbocycles. The van der Waals surface area contributed by atoms with E-state index in [-0.39, 0.29) is 11.9 Å². The van der Waals surface area contributed by atoms with Gasteiger partial charge < -0.3 is 15.8 Å². The van der Waals surface area contributed by atoms with Crippen LogP contribution in [-0.4, -0.2) is 43.2 Å². The number of carbonyl (C=O) groups excluding carboxylic acids is 1. The molecule has 0 aliphatic carbocycles. The first kappa shape index (κ1) is 15.9. The molecule has 1 amide bonds. The fraction of sp³-hybridized carbons (Fsp3) is 0.562. The van der Waals surface area contributed by atoms with Gasteiger partial charge in [0.1, 0.15) is 0 Å². The standard InChI is InChI=1S/C16H25N3O2/c1-12-3-4-14(11-19-5-7-21-8-6-19)10-15(12)18-16(20)9-13(2)17/h3-4,10,13H,5-9,11,17H2,1-2H3,(H,18,20). The predicted molar refractivity (Wildman–Crippen MR) is 84.2 cm³/mol. The van der Waals surface area contributed by atoms with Crippen molar-refractivity contribution in [2.75, 3.05) is 31.6 Å². The van der Waals surface area contributed by atoms with E-state index in [1.807, 2.05) is 13.8 Å². The van der Waals surface area contributed by atoms with Gasteiger partial charge in [-0.05, 0) is 31.0 Å². The number of morpholine rings is 1. The monoisotopic (exact) mass is 291 g/mol. The Labute approximate surface area is 126 Å². The van der Waals surface area contributed by atoms with E-state index < -0.39 is 0 Å². The third-order valence-electron chi connectivity index (χ3n) is 3.59. The van der Waals surface area contributed by atoms with E-state index in [4.69, 9.17) is 10.5 Å². The summed E-state index contributed by atoms with van der Waals surface area (Å²) in [6.45, 7) is 8.23. The van der Waals surface area contributed by atoms with Crippen LogP contribution < -0.4 is 11.1 Å². The van der Waals surface area contributed by atoms with Gasteiger partial charge in [0.25, 0.3) is 0 Å². The zero-order valence-electron chi connectivity index (χ0n) is 12.9. The fourth-order valence-corrected chi connectivity index (χ4v) is 2.41. The van der Waals surface area contributed by atoms with Crippen molar-refractivity contribution in [2.45, 2.75) is 32.9 Å². The minimum absolute atomic E-state index is 0.0309. The zero-order valence-corrected chi connectivity index (χ0v) is 12.9. The molecular weight excluding hydrogens is 266 g/mol. The minimum atomic E-state index is -0.123. The summed E-state index contributed by atoms with van der Waals surface area (Å²) in [6.07, 6.45) is 0.340. The van der Waals surface area contributed by atoms with E-state index in [1.165, 1.54) is 5.56 Å². The Kier molecular flexibility index (Phi) is 5.73. The van der Waals surface area contributed by atoms with Gasteiger partial charge in [0, 0.05) is 37.8 Å². The van der Waals surface area contributed by atoms with Gasteiger partial charge in [0.2, 0.25) is 5.91 Å². The molecule has 116 valence electrons.